The first-order valence-electron chi connectivity index (χ1n) is 7.69. The first kappa shape index (κ1) is 15.8. The summed E-state index contributed by atoms with van der Waals surface area (Å²) in [5.74, 6) is 3.13. The summed E-state index contributed by atoms with van der Waals surface area (Å²) >= 11 is 1.34. The Morgan fingerprint density at radius 2 is 2.13 bits per heavy atom. The monoisotopic (exact) mass is 333 g/mol. The van der Waals surface area contributed by atoms with Crippen LogP contribution >= 0.6 is 11.3 Å². The molecule has 0 spiro atoms. The van der Waals surface area contributed by atoms with Crippen LogP contribution in [0.3, 0.4) is 0 Å². The number of carbonyl (C=O) groups is 1. The van der Waals surface area contributed by atoms with Crippen molar-refractivity contribution in [3.8, 4) is 18.1 Å². The van der Waals surface area contributed by atoms with Gasteiger partial charge in [-0.15, -0.1) is 17.8 Å². The second-order valence-electron chi connectivity index (χ2n) is 5.64. The van der Waals surface area contributed by atoms with Gasteiger partial charge in [-0.05, 0) is 24.3 Å². The van der Waals surface area contributed by atoms with Gasteiger partial charge in [0.15, 0.2) is 6.61 Å². The standard InChI is InChI=1S/C17H19NO4S/c1-2-17(7-4-3-5-8-17)18-16(19)15-13(6-11-23-15)22-12-14-20-9-10-21-14/h1,6,9-11,14H,3-5,7-8,12H2,(H,18,19). The van der Waals surface area contributed by atoms with Gasteiger partial charge >= 0.3 is 0 Å². The number of amides is 1. The van der Waals surface area contributed by atoms with Crippen LogP contribution in [0.2, 0.25) is 0 Å². The molecule has 2 aliphatic rings. The Morgan fingerprint density at radius 1 is 1.39 bits per heavy atom. The first-order valence-corrected chi connectivity index (χ1v) is 8.57. The van der Waals surface area contributed by atoms with Crippen molar-refractivity contribution in [2.24, 2.45) is 0 Å². The summed E-state index contributed by atoms with van der Waals surface area (Å²) in [5.41, 5.74) is -0.530. The highest BCUT2D eigenvalue weighted by molar-refractivity contribution is 7.12. The summed E-state index contributed by atoms with van der Waals surface area (Å²) < 4.78 is 16.0. The van der Waals surface area contributed by atoms with E-state index in [0.29, 0.717) is 10.6 Å². The molecule has 3 rings (SSSR count). The molecule has 2 heterocycles. The van der Waals surface area contributed by atoms with Crippen molar-refractivity contribution in [1.82, 2.24) is 5.32 Å². The van der Waals surface area contributed by atoms with Crippen LogP contribution in [0, 0.1) is 12.3 Å². The van der Waals surface area contributed by atoms with Crippen molar-refractivity contribution in [3.05, 3.63) is 28.8 Å². The first-order chi connectivity index (χ1) is 11.2. The number of carbonyl (C=O) groups excluding carboxylic acids is 1. The molecule has 122 valence electrons. The minimum absolute atomic E-state index is 0.179. The van der Waals surface area contributed by atoms with Crippen LogP contribution in [0.5, 0.6) is 5.75 Å². The van der Waals surface area contributed by atoms with Gasteiger partial charge in [0.2, 0.25) is 0 Å². The molecule has 1 aromatic rings. The summed E-state index contributed by atoms with van der Waals surface area (Å²) in [6, 6.07) is 1.77. The summed E-state index contributed by atoms with van der Waals surface area (Å²) in [5, 5.41) is 4.86. The van der Waals surface area contributed by atoms with Gasteiger partial charge in [0.05, 0.1) is 0 Å². The van der Waals surface area contributed by atoms with E-state index < -0.39 is 11.8 Å². The van der Waals surface area contributed by atoms with Gasteiger partial charge in [-0.1, -0.05) is 25.2 Å². The number of terminal acetylenes is 1. The highest BCUT2D eigenvalue weighted by Gasteiger charge is 2.33. The fourth-order valence-corrected chi connectivity index (χ4v) is 3.55. The Labute approximate surface area is 139 Å². The van der Waals surface area contributed by atoms with Gasteiger partial charge in [-0.25, -0.2) is 0 Å². The van der Waals surface area contributed by atoms with Gasteiger partial charge in [0, 0.05) is 0 Å². The Kier molecular flexibility index (Phi) is 4.77. The predicted octanol–water partition coefficient (Wildman–Crippen LogP) is 3.04. The van der Waals surface area contributed by atoms with E-state index >= 15 is 0 Å². The minimum Gasteiger partial charge on any atom is -0.484 e. The fraction of sp³-hybridized carbons (Fsp3) is 0.471. The second-order valence-corrected chi connectivity index (χ2v) is 6.56. The quantitative estimate of drug-likeness (QED) is 0.842. The van der Waals surface area contributed by atoms with Gasteiger partial charge < -0.3 is 19.5 Å². The lowest BCUT2D eigenvalue weighted by atomic mass is 9.82. The van der Waals surface area contributed by atoms with Crippen molar-refractivity contribution in [1.29, 1.82) is 0 Å². The zero-order valence-corrected chi connectivity index (χ0v) is 13.6. The smallest absolute Gasteiger partial charge is 0.273 e. The third kappa shape index (κ3) is 3.62. The van der Waals surface area contributed by atoms with Crippen molar-refractivity contribution < 1.29 is 19.0 Å². The summed E-state index contributed by atoms with van der Waals surface area (Å²) in [6.45, 7) is 0.213. The molecule has 23 heavy (non-hydrogen) atoms. The number of thiophene rings is 1. The third-order valence-corrected chi connectivity index (χ3v) is 4.96. The number of hydrogen-bond donors (Lipinski definition) is 1. The van der Waals surface area contributed by atoms with Gasteiger partial charge in [0.25, 0.3) is 12.2 Å². The maximum atomic E-state index is 12.6. The third-order valence-electron chi connectivity index (χ3n) is 4.06. The number of nitrogens with one attached hydrogen (secondary N) is 1. The maximum Gasteiger partial charge on any atom is 0.273 e. The molecule has 0 atom stereocenters. The summed E-state index contributed by atoms with van der Waals surface area (Å²) in [7, 11) is 0. The van der Waals surface area contributed by atoms with E-state index in [-0.39, 0.29) is 12.5 Å². The van der Waals surface area contributed by atoms with Crippen LogP contribution in [-0.2, 0) is 9.47 Å². The molecule has 1 saturated carbocycles. The SMILES string of the molecule is C#CC1(NC(=O)c2sccc2OCC2OC=CO2)CCCCC1. The van der Waals surface area contributed by atoms with Crippen LogP contribution in [0.4, 0.5) is 0 Å². The minimum atomic E-state index is -0.530. The molecule has 0 radical (unpaired) electrons. The molecule has 0 bridgehead atoms. The summed E-state index contributed by atoms with van der Waals surface area (Å²) in [6.07, 6.45) is 13.1. The molecule has 5 nitrogen and oxygen atoms in total. The zero-order valence-electron chi connectivity index (χ0n) is 12.7. The van der Waals surface area contributed by atoms with Crippen molar-refractivity contribution in [2.45, 2.75) is 43.9 Å². The Bertz CT molecular complexity index is 617. The van der Waals surface area contributed by atoms with E-state index in [1.54, 1.807) is 6.07 Å². The zero-order chi connectivity index (χ0) is 16.1. The van der Waals surface area contributed by atoms with Crippen LogP contribution < -0.4 is 10.1 Å². The molecule has 0 saturated heterocycles. The van der Waals surface area contributed by atoms with Crippen LogP contribution in [0.25, 0.3) is 0 Å². The number of ether oxygens (including phenoxy) is 3. The predicted molar refractivity (Wildman–Crippen MR) is 87.0 cm³/mol. The Balaban J connectivity index is 1.63. The number of hydrogen-bond acceptors (Lipinski definition) is 5. The average molecular weight is 333 g/mol. The molecule has 1 aliphatic heterocycles. The van der Waals surface area contributed by atoms with E-state index in [9.17, 15) is 4.79 Å². The highest BCUT2D eigenvalue weighted by atomic mass is 32.1. The maximum absolute atomic E-state index is 12.6. The van der Waals surface area contributed by atoms with Crippen molar-refractivity contribution in [3.63, 3.8) is 0 Å². The van der Waals surface area contributed by atoms with Crippen LogP contribution in [-0.4, -0.2) is 24.3 Å². The van der Waals surface area contributed by atoms with Gasteiger partial charge in [-0.2, -0.15) is 0 Å². The molecule has 1 fully saturated rings. The lowest BCUT2D eigenvalue weighted by molar-refractivity contribution is -0.0520. The molecule has 0 aromatic carbocycles. The lowest BCUT2D eigenvalue weighted by Crippen LogP contribution is -2.48. The normalized spacial score (nSPS) is 19.4. The Hall–Kier alpha value is -2.13. The molecule has 6 heteroatoms. The molecular formula is C17H19NO4S. The molecule has 1 aliphatic carbocycles. The molecule has 1 aromatic heterocycles. The fourth-order valence-electron chi connectivity index (χ4n) is 2.82. The van der Waals surface area contributed by atoms with E-state index in [1.807, 2.05) is 5.38 Å². The van der Waals surface area contributed by atoms with E-state index in [4.69, 9.17) is 20.6 Å². The molecular weight excluding hydrogens is 314 g/mol. The average Bonchev–Trinajstić information content (AvgIpc) is 3.25. The van der Waals surface area contributed by atoms with E-state index in [2.05, 4.69) is 11.2 Å². The Morgan fingerprint density at radius 3 is 2.83 bits per heavy atom. The highest BCUT2D eigenvalue weighted by Crippen LogP contribution is 2.30. The molecule has 1 N–H and O–H groups in total. The van der Waals surface area contributed by atoms with Crippen LogP contribution in [0.1, 0.15) is 41.8 Å². The lowest BCUT2D eigenvalue weighted by Gasteiger charge is -2.33. The molecule has 0 unspecified atom stereocenters. The van der Waals surface area contributed by atoms with Gasteiger partial charge in [0.1, 0.15) is 28.7 Å². The number of rotatable bonds is 5. The molecule has 1 amide bonds. The van der Waals surface area contributed by atoms with Crippen molar-refractivity contribution in [2.75, 3.05) is 6.61 Å². The second kappa shape index (κ2) is 6.97. The van der Waals surface area contributed by atoms with E-state index in [0.717, 1.165) is 25.7 Å². The van der Waals surface area contributed by atoms with E-state index in [1.165, 1.54) is 30.3 Å². The van der Waals surface area contributed by atoms with Gasteiger partial charge in [-0.3, -0.25) is 4.79 Å². The largest absolute Gasteiger partial charge is 0.484 e. The van der Waals surface area contributed by atoms with Crippen LogP contribution in [0.15, 0.2) is 24.0 Å². The summed E-state index contributed by atoms with van der Waals surface area (Å²) in [4.78, 5) is 13.1. The topological polar surface area (TPSA) is 56.8 Å². The van der Waals surface area contributed by atoms with Crippen molar-refractivity contribution >= 4 is 17.2 Å².